The third-order valence-corrected chi connectivity index (χ3v) is 4.03. The van der Waals surface area contributed by atoms with E-state index >= 15 is 0 Å². The van der Waals surface area contributed by atoms with Crippen LogP contribution in [0.4, 0.5) is 5.69 Å². The van der Waals surface area contributed by atoms with E-state index in [4.69, 9.17) is 9.47 Å². The van der Waals surface area contributed by atoms with Crippen molar-refractivity contribution in [1.82, 2.24) is 4.98 Å². The van der Waals surface area contributed by atoms with Crippen LogP contribution in [0, 0.1) is 6.92 Å². The normalized spacial score (nSPS) is 10.6. The number of methoxy groups -OCH3 is 1. The summed E-state index contributed by atoms with van der Waals surface area (Å²) in [5.41, 5.74) is 3.59. The van der Waals surface area contributed by atoms with Gasteiger partial charge in [-0.15, -0.1) is 0 Å². The number of anilines is 1. The molecule has 28 heavy (non-hydrogen) atoms. The monoisotopic (exact) mass is 374 g/mol. The molecule has 0 spiro atoms. The molecule has 0 fully saturated rings. The van der Waals surface area contributed by atoms with Crippen LogP contribution >= 0.6 is 0 Å². The number of hydrogen-bond donors (Lipinski definition) is 1. The summed E-state index contributed by atoms with van der Waals surface area (Å²) in [6.07, 6.45) is 6.71. The highest BCUT2D eigenvalue weighted by Crippen LogP contribution is 2.22. The Morgan fingerprint density at radius 2 is 2.04 bits per heavy atom. The smallest absolute Gasteiger partial charge is 0.248 e. The lowest BCUT2D eigenvalue weighted by Crippen LogP contribution is -2.08. The lowest BCUT2D eigenvalue weighted by molar-refractivity contribution is -0.111. The van der Waals surface area contributed by atoms with Gasteiger partial charge in [-0.2, -0.15) is 0 Å². The van der Waals surface area contributed by atoms with E-state index in [1.165, 1.54) is 6.08 Å². The standard InChI is InChI=1S/C23H22N2O3/c1-17-8-10-22(27-2)19(13-17)9-11-23(26)25-20-6-3-7-21(14-20)28-16-18-5-4-12-24-15-18/h3-15H,16H2,1-2H3,(H,25,26)/b11-9+. The largest absolute Gasteiger partial charge is 0.496 e. The summed E-state index contributed by atoms with van der Waals surface area (Å²) in [5.74, 6) is 1.17. The molecule has 0 aliphatic heterocycles. The minimum absolute atomic E-state index is 0.229. The van der Waals surface area contributed by atoms with Crippen LogP contribution in [0.2, 0.25) is 0 Å². The molecular weight excluding hydrogens is 352 g/mol. The number of hydrogen-bond acceptors (Lipinski definition) is 4. The van der Waals surface area contributed by atoms with Crippen molar-refractivity contribution in [2.24, 2.45) is 0 Å². The highest BCUT2D eigenvalue weighted by Gasteiger charge is 2.03. The summed E-state index contributed by atoms with van der Waals surface area (Å²) in [6, 6.07) is 16.9. The first-order chi connectivity index (χ1) is 13.6. The van der Waals surface area contributed by atoms with Gasteiger partial charge in [-0.25, -0.2) is 0 Å². The van der Waals surface area contributed by atoms with Crippen LogP contribution < -0.4 is 14.8 Å². The molecule has 1 N–H and O–H groups in total. The topological polar surface area (TPSA) is 60.5 Å². The number of rotatable bonds is 7. The van der Waals surface area contributed by atoms with Gasteiger partial charge < -0.3 is 14.8 Å². The van der Waals surface area contributed by atoms with Crippen molar-refractivity contribution in [3.63, 3.8) is 0 Å². The van der Waals surface area contributed by atoms with Crippen molar-refractivity contribution in [3.05, 3.63) is 89.8 Å². The molecule has 0 bridgehead atoms. The fraction of sp³-hybridized carbons (Fsp3) is 0.130. The van der Waals surface area contributed by atoms with Gasteiger partial charge in [0, 0.05) is 41.4 Å². The van der Waals surface area contributed by atoms with Crippen molar-refractivity contribution in [2.75, 3.05) is 12.4 Å². The first-order valence-electron chi connectivity index (χ1n) is 8.89. The van der Waals surface area contributed by atoms with Crippen molar-refractivity contribution >= 4 is 17.7 Å². The van der Waals surface area contributed by atoms with Crippen LogP contribution in [-0.2, 0) is 11.4 Å². The van der Waals surface area contributed by atoms with E-state index in [2.05, 4.69) is 10.3 Å². The molecule has 5 nitrogen and oxygen atoms in total. The van der Waals surface area contributed by atoms with E-state index in [-0.39, 0.29) is 5.91 Å². The number of nitrogens with zero attached hydrogens (tertiary/aromatic N) is 1. The van der Waals surface area contributed by atoms with E-state index in [9.17, 15) is 4.79 Å². The van der Waals surface area contributed by atoms with E-state index in [1.807, 2.05) is 55.5 Å². The van der Waals surface area contributed by atoms with Gasteiger partial charge in [0.1, 0.15) is 18.1 Å². The highest BCUT2D eigenvalue weighted by atomic mass is 16.5. The maximum Gasteiger partial charge on any atom is 0.248 e. The second-order valence-electron chi connectivity index (χ2n) is 6.25. The third-order valence-electron chi connectivity index (χ3n) is 4.03. The summed E-state index contributed by atoms with van der Waals surface area (Å²) >= 11 is 0. The summed E-state index contributed by atoms with van der Waals surface area (Å²) in [4.78, 5) is 16.3. The second kappa shape index (κ2) is 9.37. The number of carbonyl (C=O) groups excluding carboxylic acids is 1. The molecule has 0 atom stereocenters. The molecule has 1 aromatic heterocycles. The Balaban J connectivity index is 1.62. The average molecular weight is 374 g/mol. The van der Waals surface area contributed by atoms with Crippen LogP contribution in [0.1, 0.15) is 16.7 Å². The molecule has 142 valence electrons. The Hall–Kier alpha value is -3.60. The minimum atomic E-state index is -0.229. The van der Waals surface area contributed by atoms with Crippen LogP contribution in [0.3, 0.4) is 0 Å². The highest BCUT2D eigenvalue weighted by molar-refractivity contribution is 6.02. The molecule has 0 unspecified atom stereocenters. The first kappa shape index (κ1) is 19.2. The number of pyridine rings is 1. The molecule has 2 aromatic carbocycles. The summed E-state index contributed by atoms with van der Waals surface area (Å²) in [5, 5.41) is 2.84. The zero-order valence-electron chi connectivity index (χ0n) is 15.9. The molecule has 3 rings (SSSR count). The fourth-order valence-corrected chi connectivity index (χ4v) is 2.65. The third kappa shape index (κ3) is 5.45. The van der Waals surface area contributed by atoms with Crippen LogP contribution in [0.25, 0.3) is 6.08 Å². The number of benzene rings is 2. The SMILES string of the molecule is COc1ccc(C)cc1/C=C/C(=O)Nc1cccc(OCc2cccnc2)c1. The first-order valence-corrected chi connectivity index (χ1v) is 8.89. The number of carbonyl (C=O) groups is 1. The summed E-state index contributed by atoms with van der Waals surface area (Å²) in [7, 11) is 1.61. The molecule has 0 radical (unpaired) electrons. The van der Waals surface area contributed by atoms with E-state index in [0.717, 1.165) is 22.4 Å². The molecule has 1 amide bonds. The fourth-order valence-electron chi connectivity index (χ4n) is 2.65. The zero-order chi connectivity index (χ0) is 19.8. The van der Waals surface area contributed by atoms with Crippen molar-refractivity contribution in [3.8, 4) is 11.5 Å². The molecule has 0 saturated carbocycles. The summed E-state index contributed by atoms with van der Waals surface area (Å²) in [6.45, 7) is 2.41. The molecule has 0 aliphatic rings. The van der Waals surface area contributed by atoms with Crippen molar-refractivity contribution in [2.45, 2.75) is 13.5 Å². The minimum Gasteiger partial charge on any atom is -0.496 e. The number of ether oxygens (including phenoxy) is 2. The van der Waals surface area contributed by atoms with Gasteiger partial charge in [0.25, 0.3) is 0 Å². The van der Waals surface area contributed by atoms with Crippen molar-refractivity contribution < 1.29 is 14.3 Å². The Labute approximate surface area is 164 Å². The molecule has 5 heteroatoms. The molecule has 1 heterocycles. The van der Waals surface area contributed by atoms with Gasteiger partial charge in [-0.1, -0.05) is 23.8 Å². The molecule has 3 aromatic rings. The molecule has 0 saturated heterocycles. The Bertz CT molecular complexity index is 969. The summed E-state index contributed by atoms with van der Waals surface area (Å²) < 4.78 is 11.1. The van der Waals surface area contributed by atoms with Gasteiger partial charge in [0.2, 0.25) is 5.91 Å². The maximum absolute atomic E-state index is 12.3. The number of nitrogens with one attached hydrogen (secondary N) is 1. The van der Waals surface area contributed by atoms with Crippen molar-refractivity contribution in [1.29, 1.82) is 0 Å². The number of aromatic nitrogens is 1. The van der Waals surface area contributed by atoms with E-state index in [0.29, 0.717) is 18.0 Å². The van der Waals surface area contributed by atoms with Crippen LogP contribution in [0.15, 0.2) is 73.1 Å². The van der Waals surface area contributed by atoms with E-state index < -0.39 is 0 Å². The predicted molar refractivity (Wildman–Crippen MR) is 110 cm³/mol. The van der Waals surface area contributed by atoms with Gasteiger partial charge in [0.15, 0.2) is 0 Å². The number of amides is 1. The number of aryl methyl sites for hydroxylation is 1. The lowest BCUT2D eigenvalue weighted by Gasteiger charge is -2.08. The van der Waals surface area contributed by atoms with Gasteiger partial charge >= 0.3 is 0 Å². The Morgan fingerprint density at radius 3 is 2.82 bits per heavy atom. The quantitative estimate of drug-likeness (QED) is 0.613. The van der Waals surface area contributed by atoms with Gasteiger partial charge in [-0.05, 0) is 43.3 Å². The Morgan fingerprint density at radius 1 is 1.14 bits per heavy atom. The zero-order valence-corrected chi connectivity index (χ0v) is 15.9. The lowest BCUT2D eigenvalue weighted by atomic mass is 10.1. The predicted octanol–water partition coefficient (Wildman–Crippen LogP) is 4.63. The Kier molecular flexibility index (Phi) is 6.41. The van der Waals surface area contributed by atoms with Gasteiger partial charge in [0.05, 0.1) is 7.11 Å². The van der Waals surface area contributed by atoms with Gasteiger partial charge in [-0.3, -0.25) is 9.78 Å². The average Bonchev–Trinajstić information content (AvgIpc) is 2.72. The maximum atomic E-state index is 12.3. The molecule has 0 aliphatic carbocycles. The second-order valence-corrected chi connectivity index (χ2v) is 6.25. The van der Waals surface area contributed by atoms with Crippen LogP contribution in [-0.4, -0.2) is 18.0 Å². The van der Waals surface area contributed by atoms with E-state index in [1.54, 1.807) is 31.6 Å². The molecular formula is C23H22N2O3. The van der Waals surface area contributed by atoms with Crippen LogP contribution in [0.5, 0.6) is 11.5 Å².